The van der Waals surface area contributed by atoms with E-state index in [0.717, 1.165) is 5.56 Å². The van der Waals surface area contributed by atoms with E-state index in [1.165, 1.54) is 10.7 Å². The zero-order chi connectivity index (χ0) is 10.8. The number of aromatic nitrogens is 4. The van der Waals surface area contributed by atoms with Crippen molar-refractivity contribution in [2.45, 2.75) is 13.8 Å². The molecule has 0 amide bonds. The van der Waals surface area contributed by atoms with Crippen molar-refractivity contribution in [3.05, 3.63) is 46.4 Å². The van der Waals surface area contributed by atoms with Gasteiger partial charge in [-0.3, -0.25) is 4.79 Å². The molecule has 0 aromatic carbocycles. The van der Waals surface area contributed by atoms with E-state index < -0.39 is 0 Å². The van der Waals surface area contributed by atoms with Crippen molar-refractivity contribution in [3.63, 3.8) is 0 Å². The van der Waals surface area contributed by atoms with Gasteiger partial charge in [0, 0.05) is 6.07 Å². The summed E-state index contributed by atoms with van der Waals surface area (Å²) in [5, 5.41) is 4.00. The van der Waals surface area contributed by atoms with E-state index in [0.29, 0.717) is 11.5 Å². The van der Waals surface area contributed by atoms with Gasteiger partial charge in [0.15, 0.2) is 0 Å². The van der Waals surface area contributed by atoms with Crippen LogP contribution in [-0.4, -0.2) is 19.7 Å². The van der Waals surface area contributed by atoms with Crippen LogP contribution in [0, 0.1) is 13.8 Å². The highest BCUT2D eigenvalue weighted by Crippen LogP contribution is 1.99. The maximum absolute atomic E-state index is 11.6. The van der Waals surface area contributed by atoms with Crippen LogP contribution in [0.15, 0.2) is 29.5 Å². The van der Waals surface area contributed by atoms with Gasteiger partial charge in [0.25, 0.3) is 5.56 Å². The number of rotatable bonds is 1. The molecule has 0 aliphatic carbocycles. The molecule has 0 N–H and O–H groups in total. The summed E-state index contributed by atoms with van der Waals surface area (Å²) in [7, 11) is 0. The topological polar surface area (TPSA) is 60.7 Å². The largest absolute Gasteiger partial charge is 0.271 e. The molecule has 0 radical (unpaired) electrons. The third-order valence-electron chi connectivity index (χ3n) is 1.95. The van der Waals surface area contributed by atoms with Crippen LogP contribution in [0.1, 0.15) is 11.4 Å². The number of hydrogen-bond donors (Lipinski definition) is 0. The predicted octanol–water partition coefficient (Wildman–Crippen LogP) is 0.639. The monoisotopic (exact) mass is 202 g/mol. The molecule has 2 rings (SSSR count). The average Bonchev–Trinajstić information content (AvgIpc) is 2.20. The molecule has 0 saturated heterocycles. The molecule has 0 aliphatic rings. The summed E-state index contributed by atoms with van der Waals surface area (Å²) < 4.78 is 1.27. The summed E-state index contributed by atoms with van der Waals surface area (Å²) in [5.41, 5.74) is 1.23. The average molecular weight is 202 g/mol. The molecule has 5 heteroatoms. The zero-order valence-electron chi connectivity index (χ0n) is 8.51. The first kappa shape index (κ1) is 9.51. The van der Waals surface area contributed by atoms with Gasteiger partial charge in [0.1, 0.15) is 11.5 Å². The molecule has 0 bridgehead atoms. The van der Waals surface area contributed by atoms with E-state index >= 15 is 0 Å². The third-order valence-corrected chi connectivity index (χ3v) is 1.95. The van der Waals surface area contributed by atoms with E-state index in [1.54, 1.807) is 25.5 Å². The second-order valence-electron chi connectivity index (χ2n) is 3.27. The van der Waals surface area contributed by atoms with Crippen molar-refractivity contribution in [1.29, 1.82) is 0 Å². The highest BCUT2D eigenvalue weighted by Gasteiger charge is 2.01. The first-order valence-corrected chi connectivity index (χ1v) is 4.52. The summed E-state index contributed by atoms with van der Waals surface area (Å²) in [6.07, 6.45) is 4.78. The van der Waals surface area contributed by atoms with Gasteiger partial charge in [-0.15, -0.1) is 0 Å². The zero-order valence-corrected chi connectivity index (χ0v) is 8.51. The fraction of sp³-hybridized carbons (Fsp3) is 0.200. The molecule has 76 valence electrons. The van der Waals surface area contributed by atoms with Crippen LogP contribution in [0.2, 0.25) is 0 Å². The molecule has 5 nitrogen and oxygen atoms in total. The van der Waals surface area contributed by atoms with Crippen molar-refractivity contribution in [3.8, 4) is 5.69 Å². The predicted molar refractivity (Wildman–Crippen MR) is 54.9 cm³/mol. The molecule has 2 heterocycles. The molecular weight excluding hydrogens is 192 g/mol. The fourth-order valence-electron chi connectivity index (χ4n) is 1.19. The number of aryl methyl sites for hydroxylation is 2. The molecule has 2 aromatic rings. The Morgan fingerprint density at radius 1 is 1.13 bits per heavy atom. The van der Waals surface area contributed by atoms with Gasteiger partial charge >= 0.3 is 0 Å². The molecule has 0 saturated carbocycles. The van der Waals surface area contributed by atoms with Gasteiger partial charge in [0.2, 0.25) is 0 Å². The van der Waals surface area contributed by atoms with Crippen LogP contribution in [0.25, 0.3) is 5.69 Å². The maximum atomic E-state index is 11.6. The SMILES string of the molecule is Cc1cnn(-c2cnc(C)nc2)c(=O)c1. The van der Waals surface area contributed by atoms with Gasteiger partial charge in [-0.2, -0.15) is 9.78 Å². The summed E-state index contributed by atoms with van der Waals surface area (Å²) in [4.78, 5) is 19.6. The molecule has 15 heavy (non-hydrogen) atoms. The van der Waals surface area contributed by atoms with E-state index in [4.69, 9.17) is 0 Å². The Balaban J connectivity index is 2.55. The van der Waals surface area contributed by atoms with Crippen molar-refractivity contribution in [1.82, 2.24) is 19.7 Å². The first-order valence-electron chi connectivity index (χ1n) is 4.52. The second kappa shape index (κ2) is 3.61. The summed E-state index contributed by atoms with van der Waals surface area (Å²) in [5.74, 6) is 0.666. The van der Waals surface area contributed by atoms with Crippen molar-refractivity contribution >= 4 is 0 Å². The first-order chi connectivity index (χ1) is 7.16. The number of nitrogens with zero attached hydrogens (tertiary/aromatic N) is 4. The summed E-state index contributed by atoms with van der Waals surface area (Å²) in [6.45, 7) is 3.61. The smallest absolute Gasteiger partial charge is 0.267 e. The van der Waals surface area contributed by atoms with Gasteiger partial charge in [-0.25, -0.2) is 9.97 Å². The highest BCUT2D eigenvalue weighted by atomic mass is 16.1. The minimum atomic E-state index is -0.178. The normalized spacial score (nSPS) is 10.3. The van der Waals surface area contributed by atoms with Crippen LogP contribution in [0.4, 0.5) is 0 Å². The van der Waals surface area contributed by atoms with E-state index in [2.05, 4.69) is 15.1 Å². The lowest BCUT2D eigenvalue weighted by Gasteiger charge is -2.02. The highest BCUT2D eigenvalue weighted by molar-refractivity contribution is 5.23. The molecule has 0 unspecified atom stereocenters. The summed E-state index contributed by atoms with van der Waals surface area (Å²) in [6, 6.07) is 1.52. The van der Waals surface area contributed by atoms with Crippen molar-refractivity contribution in [2.24, 2.45) is 0 Å². The lowest BCUT2D eigenvalue weighted by Crippen LogP contribution is -2.20. The Morgan fingerprint density at radius 2 is 1.80 bits per heavy atom. The van der Waals surface area contributed by atoms with Crippen molar-refractivity contribution < 1.29 is 0 Å². The minimum absolute atomic E-state index is 0.178. The second-order valence-corrected chi connectivity index (χ2v) is 3.27. The Kier molecular flexibility index (Phi) is 2.29. The van der Waals surface area contributed by atoms with Gasteiger partial charge < -0.3 is 0 Å². The minimum Gasteiger partial charge on any atom is -0.267 e. The lowest BCUT2D eigenvalue weighted by atomic mass is 10.3. The van der Waals surface area contributed by atoms with Crippen LogP contribution < -0.4 is 5.56 Å². The van der Waals surface area contributed by atoms with Gasteiger partial charge in [-0.05, 0) is 19.4 Å². The van der Waals surface area contributed by atoms with E-state index in [9.17, 15) is 4.79 Å². The van der Waals surface area contributed by atoms with Crippen LogP contribution in [0.3, 0.4) is 0 Å². The van der Waals surface area contributed by atoms with Crippen LogP contribution in [-0.2, 0) is 0 Å². The summed E-state index contributed by atoms with van der Waals surface area (Å²) >= 11 is 0. The van der Waals surface area contributed by atoms with Crippen LogP contribution in [0.5, 0.6) is 0 Å². The Morgan fingerprint density at radius 3 is 2.40 bits per heavy atom. The molecular formula is C10H10N4O. The fourth-order valence-corrected chi connectivity index (χ4v) is 1.19. The molecule has 2 aromatic heterocycles. The molecule has 0 aliphatic heterocycles. The van der Waals surface area contributed by atoms with Gasteiger partial charge in [0.05, 0.1) is 18.6 Å². The quantitative estimate of drug-likeness (QED) is 0.680. The van der Waals surface area contributed by atoms with Crippen LogP contribution >= 0.6 is 0 Å². The third kappa shape index (κ3) is 1.90. The van der Waals surface area contributed by atoms with Gasteiger partial charge in [-0.1, -0.05) is 0 Å². The van der Waals surface area contributed by atoms with E-state index in [1.807, 2.05) is 6.92 Å². The molecule has 0 fully saturated rings. The maximum Gasteiger partial charge on any atom is 0.271 e. The Bertz CT molecular complexity index is 530. The number of hydrogen-bond acceptors (Lipinski definition) is 4. The molecule has 0 atom stereocenters. The van der Waals surface area contributed by atoms with Crippen molar-refractivity contribution in [2.75, 3.05) is 0 Å². The lowest BCUT2D eigenvalue weighted by molar-refractivity contribution is 0.787. The Labute approximate surface area is 86.4 Å². The molecule has 0 spiro atoms. The Hall–Kier alpha value is -2.04. The van der Waals surface area contributed by atoms with E-state index in [-0.39, 0.29) is 5.56 Å². The standard InChI is InChI=1S/C10H10N4O/c1-7-3-10(15)14(13-4-7)9-5-11-8(2)12-6-9/h3-6H,1-2H3.